The van der Waals surface area contributed by atoms with Crippen LogP contribution in [0.15, 0.2) is 34.9 Å². The van der Waals surface area contributed by atoms with E-state index in [1.807, 2.05) is 37.3 Å². The van der Waals surface area contributed by atoms with Gasteiger partial charge in [0.2, 0.25) is 5.91 Å². The van der Waals surface area contributed by atoms with Crippen LogP contribution in [0.4, 0.5) is 5.95 Å². The smallest absolute Gasteiger partial charge is 0.314 e. The first-order chi connectivity index (χ1) is 12.5. The number of hydrogen-bond donors (Lipinski definition) is 1. The molecule has 2 fully saturated rings. The third-order valence-electron chi connectivity index (χ3n) is 5.26. The highest BCUT2D eigenvalue weighted by molar-refractivity contribution is 5.93. The number of aromatic nitrogens is 2. The number of hydrogen-bond acceptors (Lipinski definition) is 6. The zero-order valence-electron chi connectivity index (χ0n) is 14.5. The molecule has 2 aromatic rings. The number of fused-ring (bicyclic) bond motifs is 1. The second kappa shape index (κ2) is 6.12. The van der Waals surface area contributed by atoms with E-state index < -0.39 is 17.3 Å². The summed E-state index contributed by atoms with van der Waals surface area (Å²) < 4.78 is 5.32. The van der Waals surface area contributed by atoms with Crippen molar-refractivity contribution >= 4 is 17.8 Å². The molecule has 26 heavy (non-hydrogen) atoms. The molecule has 2 aliphatic heterocycles. The Labute approximate surface area is 150 Å². The zero-order chi connectivity index (χ0) is 18.3. The van der Waals surface area contributed by atoms with Crippen molar-refractivity contribution < 1.29 is 19.2 Å². The van der Waals surface area contributed by atoms with Crippen LogP contribution in [0.1, 0.15) is 13.3 Å². The van der Waals surface area contributed by atoms with Crippen LogP contribution in [0.25, 0.3) is 11.5 Å². The minimum atomic E-state index is -1.11. The number of aliphatic carboxylic acids is 1. The average Bonchev–Trinajstić information content (AvgIpc) is 3.32. The normalized spacial score (nSPS) is 25.0. The van der Waals surface area contributed by atoms with Crippen LogP contribution in [0.2, 0.25) is 0 Å². The average molecular weight is 356 g/mol. The topological polar surface area (TPSA) is 99.8 Å². The second-order valence-electron chi connectivity index (χ2n) is 6.92. The van der Waals surface area contributed by atoms with Gasteiger partial charge in [-0.2, -0.15) is 4.98 Å². The molecule has 1 N–H and O–H groups in total. The maximum absolute atomic E-state index is 12.7. The van der Waals surface area contributed by atoms with Crippen molar-refractivity contribution in [3.63, 3.8) is 0 Å². The van der Waals surface area contributed by atoms with Gasteiger partial charge in [-0.25, -0.2) is 0 Å². The monoisotopic (exact) mass is 356 g/mol. The molecule has 0 saturated carbocycles. The van der Waals surface area contributed by atoms with Gasteiger partial charge in [-0.15, -0.1) is 0 Å². The maximum atomic E-state index is 12.7. The Morgan fingerprint density at radius 2 is 2.12 bits per heavy atom. The number of amides is 1. The molecule has 1 aromatic heterocycles. The lowest BCUT2D eigenvalue weighted by Gasteiger charge is -2.24. The van der Waals surface area contributed by atoms with Crippen molar-refractivity contribution in [3.05, 3.63) is 30.3 Å². The van der Waals surface area contributed by atoms with Crippen LogP contribution in [-0.2, 0) is 9.59 Å². The van der Waals surface area contributed by atoms with Gasteiger partial charge in [0.15, 0.2) is 0 Å². The molecule has 1 amide bonds. The first-order valence-corrected chi connectivity index (χ1v) is 8.71. The number of carbonyl (C=O) groups is 2. The van der Waals surface area contributed by atoms with Gasteiger partial charge in [-0.1, -0.05) is 25.1 Å². The van der Waals surface area contributed by atoms with E-state index >= 15 is 0 Å². The molecule has 3 heterocycles. The number of anilines is 1. The van der Waals surface area contributed by atoms with Gasteiger partial charge in [0.1, 0.15) is 5.41 Å². The Morgan fingerprint density at radius 3 is 2.77 bits per heavy atom. The summed E-state index contributed by atoms with van der Waals surface area (Å²) >= 11 is 0. The summed E-state index contributed by atoms with van der Waals surface area (Å²) in [5.74, 6) is -0.910. The number of likely N-dealkylation sites (tertiary alicyclic amines) is 1. The van der Waals surface area contributed by atoms with Gasteiger partial charge in [0.05, 0.1) is 5.92 Å². The molecular formula is C18H20N4O4. The van der Waals surface area contributed by atoms with Gasteiger partial charge in [-0.3, -0.25) is 9.59 Å². The lowest BCUT2D eigenvalue weighted by Crippen LogP contribution is -2.41. The summed E-state index contributed by atoms with van der Waals surface area (Å²) in [5.41, 5.74) is -0.316. The van der Waals surface area contributed by atoms with E-state index in [1.165, 1.54) is 0 Å². The van der Waals surface area contributed by atoms with Gasteiger partial charge in [0, 0.05) is 31.7 Å². The number of carboxylic acid groups (broad SMARTS) is 1. The molecular weight excluding hydrogens is 336 g/mol. The fourth-order valence-corrected chi connectivity index (χ4v) is 3.96. The van der Waals surface area contributed by atoms with Crippen molar-refractivity contribution in [3.8, 4) is 11.5 Å². The summed E-state index contributed by atoms with van der Waals surface area (Å²) in [7, 11) is 0. The molecule has 136 valence electrons. The first-order valence-electron chi connectivity index (χ1n) is 8.71. The van der Waals surface area contributed by atoms with Crippen molar-refractivity contribution in [1.29, 1.82) is 0 Å². The number of benzene rings is 1. The third kappa shape index (κ3) is 2.44. The number of carboxylic acids is 1. The Morgan fingerprint density at radius 1 is 1.35 bits per heavy atom. The Hall–Kier alpha value is -2.90. The fraction of sp³-hybridized carbons (Fsp3) is 0.444. The van der Waals surface area contributed by atoms with Gasteiger partial charge in [0.25, 0.3) is 11.8 Å². The molecule has 0 unspecified atom stereocenters. The third-order valence-corrected chi connectivity index (χ3v) is 5.26. The maximum Gasteiger partial charge on any atom is 0.314 e. The van der Waals surface area contributed by atoms with E-state index in [0.29, 0.717) is 24.9 Å². The molecule has 2 aliphatic rings. The molecule has 8 nitrogen and oxygen atoms in total. The lowest BCUT2D eigenvalue weighted by molar-refractivity contribution is -0.149. The molecule has 2 saturated heterocycles. The van der Waals surface area contributed by atoms with E-state index in [2.05, 4.69) is 10.1 Å². The molecule has 2 atom stereocenters. The highest BCUT2D eigenvalue weighted by atomic mass is 16.5. The van der Waals surface area contributed by atoms with Crippen LogP contribution < -0.4 is 4.90 Å². The van der Waals surface area contributed by atoms with Crippen LogP contribution in [0.5, 0.6) is 0 Å². The Bertz CT molecular complexity index is 837. The summed E-state index contributed by atoms with van der Waals surface area (Å²) in [6.07, 6.45) is 0.809. The zero-order valence-corrected chi connectivity index (χ0v) is 14.5. The number of carbonyl (C=O) groups excluding carboxylic acids is 1. The second-order valence-corrected chi connectivity index (χ2v) is 6.92. The van der Waals surface area contributed by atoms with Crippen molar-refractivity contribution in [2.45, 2.75) is 13.3 Å². The predicted molar refractivity (Wildman–Crippen MR) is 92.4 cm³/mol. The standard InChI is InChI=1S/C18H20N4O4/c1-2-8-21-10-18(16(24)25)11-22(9-13(18)15(21)23)17-19-14(26-20-17)12-6-4-3-5-7-12/h3-7,13H,2,8-11H2,1H3,(H,24,25)/t13-,18+/m1/s1. The Balaban J connectivity index is 1.59. The van der Waals surface area contributed by atoms with Crippen LogP contribution >= 0.6 is 0 Å². The molecule has 1 aromatic carbocycles. The van der Waals surface area contributed by atoms with E-state index in [1.54, 1.807) is 9.80 Å². The van der Waals surface area contributed by atoms with Crippen LogP contribution in [0, 0.1) is 11.3 Å². The SMILES string of the molecule is CCCN1C[C@]2(C(=O)O)CN(c3noc(-c4ccccc4)n3)C[C@@H]2C1=O. The summed E-state index contributed by atoms with van der Waals surface area (Å²) in [5, 5.41) is 13.9. The molecule has 0 bridgehead atoms. The number of rotatable bonds is 5. The highest BCUT2D eigenvalue weighted by Gasteiger charge is 2.62. The molecule has 0 radical (unpaired) electrons. The summed E-state index contributed by atoms with van der Waals surface area (Å²) in [6.45, 7) is 3.29. The van der Waals surface area contributed by atoms with Crippen LogP contribution in [0.3, 0.4) is 0 Å². The van der Waals surface area contributed by atoms with Crippen molar-refractivity contribution in [2.75, 3.05) is 31.1 Å². The van der Waals surface area contributed by atoms with Crippen molar-refractivity contribution in [2.24, 2.45) is 11.3 Å². The summed E-state index contributed by atoms with van der Waals surface area (Å²) in [4.78, 5) is 32.5. The first kappa shape index (κ1) is 16.6. The molecule has 0 spiro atoms. The van der Waals surface area contributed by atoms with Gasteiger partial charge in [-0.05, 0) is 23.7 Å². The summed E-state index contributed by atoms with van der Waals surface area (Å²) in [6, 6.07) is 9.37. The van der Waals surface area contributed by atoms with E-state index in [0.717, 1.165) is 12.0 Å². The fourth-order valence-electron chi connectivity index (χ4n) is 3.96. The minimum absolute atomic E-state index is 0.0940. The molecule has 4 rings (SSSR count). The van der Waals surface area contributed by atoms with Crippen molar-refractivity contribution in [1.82, 2.24) is 15.0 Å². The molecule has 8 heteroatoms. The number of nitrogens with zero attached hydrogens (tertiary/aromatic N) is 4. The van der Waals surface area contributed by atoms with E-state index in [9.17, 15) is 14.7 Å². The lowest BCUT2D eigenvalue weighted by atomic mass is 9.81. The minimum Gasteiger partial charge on any atom is -0.481 e. The van der Waals surface area contributed by atoms with E-state index in [4.69, 9.17) is 4.52 Å². The predicted octanol–water partition coefficient (Wildman–Crippen LogP) is 1.50. The molecule has 0 aliphatic carbocycles. The van der Waals surface area contributed by atoms with Gasteiger partial charge >= 0.3 is 5.97 Å². The van der Waals surface area contributed by atoms with Crippen LogP contribution in [-0.4, -0.2) is 58.2 Å². The largest absolute Gasteiger partial charge is 0.481 e. The van der Waals surface area contributed by atoms with Gasteiger partial charge < -0.3 is 19.4 Å². The quantitative estimate of drug-likeness (QED) is 0.866. The Kier molecular flexibility index (Phi) is 3.90. The highest BCUT2D eigenvalue weighted by Crippen LogP contribution is 2.44. The van der Waals surface area contributed by atoms with E-state index in [-0.39, 0.29) is 19.0 Å².